The van der Waals surface area contributed by atoms with E-state index in [0.29, 0.717) is 17.4 Å². The molecule has 1 N–H and O–H groups in total. The fraction of sp³-hybridized carbons (Fsp3) is 0.375. The highest BCUT2D eigenvalue weighted by molar-refractivity contribution is 5.85. The number of benzene rings is 1. The van der Waals surface area contributed by atoms with Crippen LogP contribution in [0.15, 0.2) is 40.8 Å². The number of halogens is 1. The molecule has 1 aliphatic rings. The van der Waals surface area contributed by atoms with Crippen molar-refractivity contribution in [2.24, 2.45) is 0 Å². The monoisotopic (exact) mass is 337 g/mol. The second kappa shape index (κ2) is 7.59. The van der Waals surface area contributed by atoms with E-state index in [1.165, 1.54) is 6.07 Å². The Morgan fingerprint density at radius 2 is 2.13 bits per heavy atom. The number of nitro groups is 1. The van der Waals surface area contributed by atoms with Crippen molar-refractivity contribution in [1.82, 2.24) is 10.2 Å². The number of furan rings is 1. The van der Waals surface area contributed by atoms with Crippen molar-refractivity contribution < 1.29 is 9.34 Å². The number of para-hydroxylation sites is 1. The Balaban J connectivity index is 0.00000192. The molecule has 1 aromatic carbocycles. The average Bonchev–Trinajstić information content (AvgIpc) is 2.95. The van der Waals surface area contributed by atoms with Crippen molar-refractivity contribution in [1.29, 1.82) is 0 Å². The molecular weight excluding hydrogens is 318 g/mol. The highest BCUT2D eigenvalue weighted by atomic mass is 35.5. The highest BCUT2D eigenvalue weighted by Crippen LogP contribution is 2.31. The maximum absolute atomic E-state index is 11.1. The van der Waals surface area contributed by atoms with Crippen LogP contribution < -0.4 is 5.32 Å². The van der Waals surface area contributed by atoms with Crippen LogP contribution in [0.5, 0.6) is 0 Å². The summed E-state index contributed by atoms with van der Waals surface area (Å²) in [5.74, 6) is 1.38. The third-order valence-electron chi connectivity index (χ3n) is 3.86. The predicted molar refractivity (Wildman–Crippen MR) is 90.8 cm³/mol. The van der Waals surface area contributed by atoms with Crippen LogP contribution >= 0.6 is 12.4 Å². The predicted octanol–water partition coefficient (Wildman–Crippen LogP) is 3.07. The van der Waals surface area contributed by atoms with Crippen molar-refractivity contribution in [3.63, 3.8) is 0 Å². The minimum absolute atomic E-state index is 0. The zero-order chi connectivity index (χ0) is 15.5. The first-order chi connectivity index (χ1) is 10.6. The lowest BCUT2D eigenvalue weighted by atomic mass is 10.1. The largest absolute Gasteiger partial charge is 0.459 e. The van der Waals surface area contributed by atoms with Crippen LogP contribution in [0.1, 0.15) is 12.7 Å². The Morgan fingerprint density at radius 1 is 1.35 bits per heavy atom. The van der Waals surface area contributed by atoms with E-state index >= 15 is 0 Å². The molecular formula is C16H20ClN3O3. The van der Waals surface area contributed by atoms with Gasteiger partial charge in [0.2, 0.25) is 0 Å². The molecule has 1 fully saturated rings. The Bertz CT molecular complexity index is 674. The van der Waals surface area contributed by atoms with Crippen LogP contribution in [0, 0.1) is 10.1 Å². The van der Waals surface area contributed by atoms with E-state index in [4.69, 9.17) is 4.42 Å². The summed E-state index contributed by atoms with van der Waals surface area (Å²) in [6.45, 7) is 5.81. The van der Waals surface area contributed by atoms with E-state index in [0.717, 1.165) is 31.9 Å². The lowest BCUT2D eigenvalue weighted by molar-refractivity contribution is -0.384. The Hall–Kier alpha value is -1.89. The molecule has 0 saturated carbocycles. The molecule has 0 amide bonds. The van der Waals surface area contributed by atoms with E-state index < -0.39 is 0 Å². The first-order valence-electron chi connectivity index (χ1n) is 7.42. The summed E-state index contributed by atoms with van der Waals surface area (Å²) in [6, 6.07) is 10.8. The van der Waals surface area contributed by atoms with Gasteiger partial charge in [-0.25, -0.2) is 0 Å². The van der Waals surface area contributed by atoms with Crippen molar-refractivity contribution >= 4 is 18.1 Å². The number of hydrogen-bond donors (Lipinski definition) is 1. The molecule has 23 heavy (non-hydrogen) atoms. The third-order valence-corrected chi connectivity index (χ3v) is 3.86. The standard InChI is InChI=1S/C16H19N3O3.ClH/c1-12-10-18(9-8-17-12)11-13-6-7-16(22-13)14-4-2-3-5-15(14)19(20)21;/h2-7,12,17H,8-11H2,1H3;1H/t12-;/m0./s1. The summed E-state index contributed by atoms with van der Waals surface area (Å²) in [6.07, 6.45) is 0. The van der Waals surface area contributed by atoms with E-state index in [1.54, 1.807) is 18.2 Å². The minimum Gasteiger partial charge on any atom is -0.459 e. The third kappa shape index (κ3) is 4.10. The molecule has 0 unspecified atom stereocenters. The zero-order valence-corrected chi connectivity index (χ0v) is 13.7. The first-order valence-corrected chi connectivity index (χ1v) is 7.42. The minimum atomic E-state index is -0.379. The first kappa shape index (κ1) is 17.5. The topological polar surface area (TPSA) is 71.5 Å². The summed E-state index contributed by atoms with van der Waals surface area (Å²) < 4.78 is 5.83. The van der Waals surface area contributed by atoms with Gasteiger partial charge in [0.25, 0.3) is 5.69 Å². The summed E-state index contributed by atoms with van der Waals surface area (Å²) in [5, 5.41) is 14.5. The molecule has 6 nitrogen and oxygen atoms in total. The summed E-state index contributed by atoms with van der Waals surface area (Å²) >= 11 is 0. The number of nitrogens with one attached hydrogen (secondary N) is 1. The maximum atomic E-state index is 11.1. The Labute approximate surface area is 141 Å². The van der Waals surface area contributed by atoms with Crippen LogP contribution in [0.2, 0.25) is 0 Å². The van der Waals surface area contributed by atoms with Gasteiger partial charge in [-0.05, 0) is 25.1 Å². The molecule has 1 atom stereocenters. The second-order valence-electron chi connectivity index (χ2n) is 5.63. The van der Waals surface area contributed by atoms with Gasteiger partial charge in [-0.3, -0.25) is 15.0 Å². The summed E-state index contributed by atoms with van der Waals surface area (Å²) in [7, 11) is 0. The van der Waals surface area contributed by atoms with Crippen molar-refractivity contribution in [2.75, 3.05) is 19.6 Å². The molecule has 2 heterocycles. The molecule has 1 aromatic heterocycles. The molecule has 1 saturated heterocycles. The van der Waals surface area contributed by atoms with E-state index in [2.05, 4.69) is 17.1 Å². The van der Waals surface area contributed by atoms with Gasteiger partial charge in [0.1, 0.15) is 11.5 Å². The molecule has 0 bridgehead atoms. The van der Waals surface area contributed by atoms with Crippen LogP contribution in [0.3, 0.4) is 0 Å². The SMILES string of the molecule is C[C@H]1CN(Cc2ccc(-c3ccccc3[N+](=O)[O-])o2)CCN1.Cl. The molecule has 124 valence electrons. The number of nitrogens with zero attached hydrogens (tertiary/aromatic N) is 2. The Morgan fingerprint density at radius 3 is 2.87 bits per heavy atom. The fourth-order valence-electron chi connectivity index (χ4n) is 2.83. The van der Waals surface area contributed by atoms with Crippen molar-refractivity contribution in [2.45, 2.75) is 19.5 Å². The van der Waals surface area contributed by atoms with Gasteiger partial charge in [0, 0.05) is 31.7 Å². The van der Waals surface area contributed by atoms with E-state index in [9.17, 15) is 10.1 Å². The summed E-state index contributed by atoms with van der Waals surface area (Å²) in [4.78, 5) is 13.0. The van der Waals surface area contributed by atoms with Gasteiger partial charge >= 0.3 is 0 Å². The van der Waals surface area contributed by atoms with Gasteiger partial charge in [-0.2, -0.15) is 0 Å². The molecule has 0 spiro atoms. The van der Waals surface area contributed by atoms with Crippen LogP contribution in [0.4, 0.5) is 5.69 Å². The summed E-state index contributed by atoms with van der Waals surface area (Å²) in [5.41, 5.74) is 0.589. The van der Waals surface area contributed by atoms with Crippen LogP contribution in [-0.2, 0) is 6.54 Å². The van der Waals surface area contributed by atoms with Crippen molar-refractivity contribution in [3.05, 3.63) is 52.3 Å². The van der Waals surface area contributed by atoms with Gasteiger partial charge < -0.3 is 9.73 Å². The normalized spacial score (nSPS) is 18.4. The Kier molecular flexibility index (Phi) is 5.76. The molecule has 7 heteroatoms. The van der Waals surface area contributed by atoms with Gasteiger partial charge in [-0.1, -0.05) is 12.1 Å². The second-order valence-corrected chi connectivity index (χ2v) is 5.63. The van der Waals surface area contributed by atoms with Gasteiger partial charge in [0.15, 0.2) is 0 Å². The molecule has 0 radical (unpaired) electrons. The lowest BCUT2D eigenvalue weighted by Gasteiger charge is -2.31. The molecule has 2 aromatic rings. The van der Waals surface area contributed by atoms with Gasteiger partial charge in [-0.15, -0.1) is 12.4 Å². The number of hydrogen-bond acceptors (Lipinski definition) is 5. The molecule has 1 aliphatic heterocycles. The smallest absolute Gasteiger partial charge is 0.280 e. The zero-order valence-electron chi connectivity index (χ0n) is 12.9. The van der Waals surface area contributed by atoms with Gasteiger partial charge in [0.05, 0.1) is 17.0 Å². The van der Waals surface area contributed by atoms with E-state index in [1.807, 2.05) is 12.1 Å². The molecule has 3 rings (SSSR count). The fourth-order valence-corrected chi connectivity index (χ4v) is 2.83. The lowest BCUT2D eigenvalue weighted by Crippen LogP contribution is -2.48. The van der Waals surface area contributed by atoms with Crippen LogP contribution in [0.25, 0.3) is 11.3 Å². The van der Waals surface area contributed by atoms with Crippen LogP contribution in [-0.4, -0.2) is 35.5 Å². The molecule has 0 aliphatic carbocycles. The quantitative estimate of drug-likeness (QED) is 0.685. The maximum Gasteiger partial charge on any atom is 0.280 e. The highest BCUT2D eigenvalue weighted by Gasteiger charge is 2.19. The average molecular weight is 338 g/mol. The number of rotatable bonds is 4. The number of nitro benzene ring substituents is 1. The number of piperazine rings is 1. The van der Waals surface area contributed by atoms with E-state index in [-0.39, 0.29) is 23.0 Å². The van der Waals surface area contributed by atoms with Crippen molar-refractivity contribution in [3.8, 4) is 11.3 Å².